The first-order valence-corrected chi connectivity index (χ1v) is 18.4. The summed E-state index contributed by atoms with van der Waals surface area (Å²) in [6, 6.07) is 42.2. The third-order valence-corrected chi connectivity index (χ3v) is 11.0. The number of fused-ring (bicyclic) bond motifs is 1. The third kappa shape index (κ3) is 8.21. The van der Waals surface area contributed by atoms with Crippen molar-refractivity contribution in [2.24, 2.45) is 5.92 Å². The number of unbranched alkanes of at least 4 members (excludes halogenated alkanes) is 1. The summed E-state index contributed by atoms with van der Waals surface area (Å²) in [5.74, 6) is 1.50. The predicted octanol–water partition coefficient (Wildman–Crippen LogP) is 12.8. The summed E-state index contributed by atoms with van der Waals surface area (Å²) in [6.45, 7) is 10.0. The van der Waals surface area contributed by atoms with Gasteiger partial charge in [-0.25, -0.2) is 0 Å². The van der Waals surface area contributed by atoms with Crippen LogP contribution in [0.2, 0.25) is 0 Å². The van der Waals surface area contributed by atoms with Crippen molar-refractivity contribution in [3.8, 4) is 28.0 Å². The lowest BCUT2D eigenvalue weighted by Crippen LogP contribution is -2.19. The second kappa shape index (κ2) is 15.7. The van der Waals surface area contributed by atoms with Crippen LogP contribution in [0.25, 0.3) is 22.3 Å². The molecule has 5 aromatic carbocycles. The predicted molar refractivity (Wildman–Crippen MR) is 206 cm³/mol. The number of hydrogen-bond acceptors (Lipinski definition) is 2. The molecule has 0 bridgehead atoms. The first-order valence-electron chi connectivity index (χ1n) is 18.4. The van der Waals surface area contributed by atoms with Gasteiger partial charge in [0, 0.05) is 11.4 Å². The lowest BCUT2D eigenvalue weighted by Gasteiger charge is -2.27. The summed E-state index contributed by atoms with van der Waals surface area (Å²) >= 11 is 0. The molecule has 0 radical (unpaired) electrons. The molecular formula is C46H53NO. The van der Waals surface area contributed by atoms with Crippen molar-refractivity contribution < 1.29 is 4.74 Å². The number of rotatable bonds is 16. The van der Waals surface area contributed by atoms with Crippen LogP contribution in [0, 0.1) is 5.92 Å². The van der Waals surface area contributed by atoms with Gasteiger partial charge in [-0.3, -0.25) is 0 Å². The first-order chi connectivity index (χ1) is 23.5. The van der Waals surface area contributed by atoms with Gasteiger partial charge in [0.15, 0.2) is 0 Å². The highest BCUT2D eigenvalue weighted by atomic mass is 16.5. The summed E-state index contributed by atoms with van der Waals surface area (Å²) in [5, 5.41) is 3.51. The van der Waals surface area contributed by atoms with Crippen molar-refractivity contribution in [1.29, 1.82) is 0 Å². The van der Waals surface area contributed by atoms with E-state index in [1.807, 2.05) is 6.07 Å². The second-order valence-corrected chi connectivity index (χ2v) is 14.1. The number of aryl methyl sites for hydroxylation is 3. The van der Waals surface area contributed by atoms with E-state index in [0.717, 1.165) is 43.0 Å². The highest BCUT2D eigenvalue weighted by Gasteiger charge is 2.22. The van der Waals surface area contributed by atoms with E-state index >= 15 is 0 Å². The molecule has 0 saturated carbocycles. The van der Waals surface area contributed by atoms with E-state index in [4.69, 9.17) is 4.74 Å². The first kappa shape index (κ1) is 33.6. The van der Waals surface area contributed by atoms with E-state index in [2.05, 4.69) is 142 Å². The zero-order valence-corrected chi connectivity index (χ0v) is 29.5. The average molecular weight is 636 g/mol. The molecule has 5 aromatic rings. The molecule has 248 valence electrons. The number of anilines is 2. The SMILES string of the molecule is CCC(CCCCc1ccc2c(c1)CC2)COc1cc(-c2ccc(Nc3ccccc3)cc2)cc(-c2ccc(C(C)(CC)CC)cc2)c1. The van der Waals surface area contributed by atoms with Gasteiger partial charge in [0.2, 0.25) is 0 Å². The summed E-state index contributed by atoms with van der Waals surface area (Å²) in [6.07, 6.45) is 10.8. The Morgan fingerprint density at radius 1 is 0.646 bits per heavy atom. The normalized spacial score (nSPS) is 13.0. The van der Waals surface area contributed by atoms with E-state index in [-0.39, 0.29) is 5.41 Å². The molecule has 1 N–H and O–H groups in total. The largest absolute Gasteiger partial charge is 0.493 e. The van der Waals surface area contributed by atoms with Gasteiger partial charge in [0.1, 0.15) is 5.75 Å². The molecule has 0 heterocycles. The Balaban J connectivity index is 1.17. The minimum atomic E-state index is 0.209. The number of hydrogen-bond donors (Lipinski definition) is 1. The minimum Gasteiger partial charge on any atom is -0.493 e. The van der Waals surface area contributed by atoms with E-state index in [1.54, 1.807) is 11.1 Å². The Hall–Kier alpha value is -4.30. The van der Waals surface area contributed by atoms with Gasteiger partial charge in [-0.2, -0.15) is 0 Å². The molecular weight excluding hydrogens is 583 g/mol. The van der Waals surface area contributed by atoms with Gasteiger partial charge in [-0.05, 0) is 143 Å². The lowest BCUT2D eigenvalue weighted by atomic mass is 9.77. The summed E-state index contributed by atoms with van der Waals surface area (Å²) < 4.78 is 6.64. The van der Waals surface area contributed by atoms with Gasteiger partial charge in [0.25, 0.3) is 0 Å². The molecule has 6 rings (SSSR count). The van der Waals surface area contributed by atoms with Crippen LogP contribution in [0.15, 0.2) is 115 Å². The molecule has 0 aromatic heterocycles. The fourth-order valence-electron chi connectivity index (χ4n) is 6.96. The van der Waals surface area contributed by atoms with Gasteiger partial charge >= 0.3 is 0 Å². The van der Waals surface area contributed by atoms with Crippen molar-refractivity contribution in [1.82, 2.24) is 0 Å². The Morgan fingerprint density at radius 2 is 1.29 bits per heavy atom. The number of nitrogens with one attached hydrogen (secondary N) is 1. The van der Waals surface area contributed by atoms with Crippen LogP contribution in [0.5, 0.6) is 5.75 Å². The smallest absolute Gasteiger partial charge is 0.120 e. The molecule has 0 saturated heterocycles. The molecule has 0 amide bonds. The molecule has 0 spiro atoms. The molecule has 0 aliphatic heterocycles. The van der Waals surface area contributed by atoms with Crippen LogP contribution < -0.4 is 10.1 Å². The molecule has 2 nitrogen and oxygen atoms in total. The zero-order valence-electron chi connectivity index (χ0n) is 29.5. The maximum absolute atomic E-state index is 6.64. The number of benzene rings is 5. The standard InChI is InChI=1S/C46H53NO/c1-5-34(13-11-12-14-35-17-18-36-19-20-39(36)29-35)33-48-45-31-40(37-21-25-42(26-22-37)46(4,6-2)7-3)30-41(32-45)38-23-27-44(28-24-38)47-43-15-9-8-10-16-43/h8-10,15-18,21-32,34,47H,5-7,11-14,19-20,33H2,1-4H3. The van der Waals surface area contributed by atoms with Crippen LogP contribution in [0.4, 0.5) is 11.4 Å². The van der Waals surface area contributed by atoms with E-state index < -0.39 is 0 Å². The topological polar surface area (TPSA) is 21.3 Å². The summed E-state index contributed by atoms with van der Waals surface area (Å²) in [5.41, 5.74) is 13.2. The van der Waals surface area contributed by atoms with Crippen molar-refractivity contribution in [2.75, 3.05) is 11.9 Å². The molecule has 1 aliphatic rings. The van der Waals surface area contributed by atoms with E-state index in [1.165, 1.54) is 71.9 Å². The van der Waals surface area contributed by atoms with Crippen molar-refractivity contribution in [3.05, 3.63) is 138 Å². The molecule has 2 heteroatoms. The monoisotopic (exact) mass is 635 g/mol. The molecule has 0 fully saturated rings. The summed E-state index contributed by atoms with van der Waals surface area (Å²) in [7, 11) is 0. The van der Waals surface area contributed by atoms with Crippen LogP contribution in [-0.2, 0) is 24.7 Å². The van der Waals surface area contributed by atoms with Crippen LogP contribution in [0.3, 0.4) is 0 Å². The highest BCUT2D eigenvalue weighted by Crippen LogP contribution is 2.36. The minimum absolute atomic E-state index is 0.209. The van der Waals surface area contributed by atoms with Crippen molar-refractivity contribution in [3.63, 3.8) is 0 Å². The van der Waals surface area contributed by atoms with Gasteiger partial charge in [-0.1, -0.05) is 113 Å². The third-order valence-electron chi connectivity index (χ3n) is 11.0. The van der Waals surface area contributed by atoms with E-state index in [9.17, 15) is 0 Å². The number of ether oxygens (including phenoxy) is 1. The molecule has 1 unspecified atom stereocenters. The van der Waals surface area contributed by atoms with Gasteiger partial charge in [0.05, 0.1) is 6.61 Å². The van der Waals surface area contributed by atoms with E-state index in [0.29, 0.717) is 5.92 Å². The zero-order chi connectivity index (χ0) is 33.3. The Kier molecular flexibility index (Phi) is 11.0. The maximum Gasteiger partial charge on any atom is 0.120 e. The Labute approximate surface area is 289 Å². The summed E-state index contributed by atoms with van der Waals surface area (Å²) in [4.78, 5) is 0. The van der Waals surface area contributed by atoms with Crippen LogP contribution in [0.1, 0.15) is 88.5 Å². The fraction of sp³-hybridized carbons (Fsp3) is 0.348. The second-order valence-electron chi connectivity index (χ2n) is 14.1. The maximum atomic E-state index is 6.64. The van der Waals surface area contributed by atoms with Gasteiger partial charge in [-0.15, -0.1) is 0 Å². The van der Waals surface area contributed by atoms with Gasteiger partial charge < -0.3 is 10.1 Å². The van der Waals surface area contributed by atoms with Crippen molar-refractivity contribution >= 4 is 11.4 Å². The quantitative estimate of drug-likeness (QED) is 0.109. The molecule has 1 aliphatic carbocycles. The Morgan fingerprint density at radius 3 is 1.90 bits per heavy atom. The van der Waals surface area contributed by atoms with Crippen LogP contribution in [-0.4, -0.2) is 6.61 Å². The van der Waals surface area contributed by atoms with Crippen LogP contribution >= 0.6 is 0 Å². The lowest BCUT2D eigenvalue weighted by molar-refractivity contribution is 0.233. The molecule has 48 heavy (non-hydrogen) atoms. The average Bonchev–Trinajstić information content (AvgIpc) is 3.12. The highest BCUT2D eigenvalue weighted by molar-refractivity contribution is 5.76. The Bertz CT molecular complexity index is 1750. The van der Waals surface area contributed by atoms with Crippen molar-refractivity contribution in [2.45, 2.75) is 90.9 Å². The fourth-order valence-corrected chi connectivity index (χ4v) is 6.96. The number of para-hydroxylation sites is 1. The molecule has 1 atom stereocenters.